The Balaban J connectivity index is 1.89. The highest BCUT2D eigenvalue weighted by molar-refractivity contribution is 6.46. The lowest BCUT2D eigenvalue weighted by Gasteiger charge is -2.21. The second-order valence-electron chi connectivity index (χ2n) is 7.03. The third-order valence-electron chi connectivity index (χ3n) is 5.03. The molecule has 0 saturated heterocycles. The Labute approximate surface area is 172 Å². The molecule has 0 fully saturated rings. The number of carbonyl (C=O) groups excluding carboxylic acids is 2. The van der Waals surface area contributed by atoms with Crippen molar-refractivity contribution in [3.05, 3.63) is 101 Å². The molecule has 1 aliphatic rings. The predicted octanol–water partition coefficient (Wildman–Crippen LogP) is 4.69. The summed E-state index contributed by atoms with van der Waals surface area (Å²) in [6.45, 7) is 1.91. The minimum absolute atomic E-state index is 0.124. The lowest BCUT2D eigenvalue weighted by molar-refractivity contribution is -0.120. The summed E-state index contributed by atoms with van der Waals surface area (Å²) in [5.74, 6) is -3.10. The van der Waals surface area contributed by atoms with E-state index in [9.17, 15) is 18.4 Å². The lowest BCUT2D eigenvalue weighted by Crippen LogP contribution is -2.34. The number of para-hydroxylation sites is 1. The molecule has 4 rings (SSSR count). The Morgan fingerprint density at radius 2 is 1.50 bits per heavy atom. The Bertz CT molecular complexity index is 1170. The number of carbonyl (C=O) groups is 2. The van der Waals surface area contributed by atoms with Gasteiger partial charge in [0.15, 0.2) is 0 Å². The average Bonchev–Trinajstić information content (AvgIpc) is 2.99. The van der Waals surface area contributed by atoms with Crippen molar-refractivity contribution in [2.24, 2.45) is 0 Å². The summed E-state index contributed by atoms with van der Waals surface area (Å²) < 4.78 is 27.9. The van der Waals surface area contributed by atoms with Crippen molar-refractivity contribution in [1.29, 1.82) is 0 Å². The zero-order valence-electron chi connectivity index (χ0n) is 16.4. The van der Waals surface area contributed by atoms with Crippen LogP contribution in [0.5, 0.6) is 0 Å². The Kier molecular flexibility index (Phi) is 4.91. The van der Waals surface area contributed by atoms with Crippen LogP contribution >= 0.6 is 0 Å². The number of nitrogens with zero attached hydrogens (tertiary/aromatic N) is 2. The molecule has 0 saturated carbocycles. The van der Waals surface area contributed by atoms with Gasteiger partial charge in [-0.15, -0.1) is 0 Å². The second-order valence-corrected chi connectivity index (χ2v) is 7.03. The maximum absolute atomic E-state index is 14.5. The number of aryl methyl sites for hydroxylation is 1. The van der Waals surface area contributed by atoms with E-state index in [1.54, 1.807) is 36.2 Å². The smallest absolute Gasteiger partial charge is 0.282 e. The number of benzene rings is 3. The first kappa shape index (κ1) is 19.5. The normalized spacial score (nSPS) is 13.9. The minimum atomic E-state index is -0.983. The van der Waals surface area contributed by atoms with Crippen LogP contribution in [0.3, 0.4) is 0 Å². The van der Waals surface area contributed by atoms with E-state index in [1.807, 2.05) is 37.3 Å². The molecular formula is C24H18F2N2O2. The van der Waals surface area contributed by atoms with Gasteiger partial charge in [0.05, 0.1) is 11.3 Å². The third-order valence-corrected chi connectivity index (χ3v) is 5.03. The van der Waals surface area contributed by atoms with Crippen molar-refractivity contribution in [2.45, 2.75) is 6.92 Å². The van der Waals surface area contributed by atoms with Gasteiger partial charge in [-0.05, 0) is 36.8 Å². The average molecular weight is 404 g/mol. The van der Waals surface area contributed by atoms with Gasteiger partial charge in [-0.1, -0.05) is 48.0 Å². The highest BCUT2D eigenvalue weighted by atomic mass is 19.1. The van der Waals surface area contributed by atoms with E-state index >= 15 is 0 Å². The predicted molar refractivity (Wildman–Crippen MR) is 112 cm³/mol. The van der Waals surface area contributed by atoms with Crippen molar-refractivity contribution in [3.8, 4) is 0 Å². The number of hydrogen-bond acceptors (Lipinski definition) is 3. The number of rotatable bonds is 4. The van der Waals surface area contributed by atoms with E-state index in [4.69, 9.17) is 0 Å². The Morgan fingerprint density at radius 3 is 2.13 bits per heavy atom. The summed E-state index contributed by atoms with van der Waals surface area (Å²) in [5, 5.41) is 0. The van der Waals surface area contributed by atoms with Gasteiger partial charge in [0.1, 0.15) is 17.3 Å². The van der Waals surface area contributed by atoms with E-state index in [0.717, 1.165) is 22.6 Å². The molecule has 1 heterocycles. The van der Waals surface area contributed by atoms with Crippen LogP contribution in [0.1, 0.15) is 11.1 Å². The van der Waals surface area contributed by atoms with E-state index in [-0.39, 0.29) is 17.0 Å². The largest absolute Gasteiger partial charge is 0.339 e. The molecule has 1 aliphatic heterocycles. The van der Waals surface area contributed by atoms with E-state index in [2.05, 4.69) is 0 Å². The van der Waals surface area contributed by atoms with Crippen LogP contribution in [0.2, 0.25) is 0 Å². The van der Waals surface area contributed by atoms with E-state index < -0.39 is 23.4 Å². The van der Waals surface area contributed by atoms with Crippen molar-refractivity contribution >= 4 is 28.8 Å². The van der Waals surface area contributed by atoms with Crippen LogP contribution in [-0.2, 0) is 9.59 Å². The second kappa shape index (κ2) is 7.55. The van der Waals surface area contributed by atoms with Gasteiger partial charge in [0, 0.05) is 18.8 Å². The third kappa shape index (κ3) is 3.26. The van der Waals surface area contributed by atoms with Crippen LogP contribution in [0.15, 0.2) is 78.5 Å². The van der Waals surface area contributed by atoms with Crippen LogP contribution in [0.4, 0.5) is 20.2 Å². The molecule has 0 spiro atoms. The Hall–Kier alpha value is -3.80. The molecule has 0 aromatic heterocycles. The maximum atomic E-state index is 14.5. The molecule has 2 amide bonds. The van der Waals surface area contributed by atoms with Gasteiger partial charge >= 0.3 is 0 Å². The molecule has 150 valence electrons. The topological polar surface area (TPSA) is 40.6 Å². The summed E-state index contributed by atoms with van der Waals surface area (Å²) in [7, 11) is 1.68. The van der Waals surface area contributed by atoms with Crippen LogP contribution in [-0.4, -0.2) is 18.9 Å². The molecule has 0 N–H and O–H groups in total. The monoisotopic (exact) mass is 404 g/mol. The number of anilines is 2. The first-order chi connectivity index (χ1) is 14.4. The molecular weight excluding hydrogens is 386 g/mol. The van der Waals surface area contributed by atoms with Gasteiger partial charge in [-0.3, -0.25) is 9.59 Å². The van der Waals surface area contributed by atoms with Crippen LogP contribution in [0, 0.1) is 18.6 Å². The maximum Gasteiger partial charge on any atom is 0.282 e. The summed E-state index contributed by atoms with van der Waals surface area (Å²) >= 11 is 0. The fraction of sp³-hybridized carbons (Fsp3) is 0.0833. The van der Waals surface area contributed by atoms with E-state index in [0.29, 0.717) is 17.3 Å². The van der Waals surface area contributed by atoms with E-state index in [1.165, 1.54) is 0 Å². The first-order valence-corrected chi connectivity index (χ1v) is 9.32. The Morgan fingerprint density at radius 1 is 0.833 bits per heavy atom. The fourth-order valence-electron chi connectivity index (χ4n) is 3.47. The first-order valence-electron chi connectivity index (χ1n) is 9.32. The number of halogens is 2. The standard InChI is InChI=1S/C24H18F2N2O2/c1-15-8-10-16(11-9-15)21-22(27(2)18-6-4-3-5-7-18)24(30)28(23(21)29)20-13-12-17(25)14-19(20)26/h3-14H,1-2H3. The van der Waals surface area contributed by atoms with Gasteiger partial charge < -0.3 is 4.90 Å². The molecule has 3 aromatic carbocycles. The molecule has 6 heteroatoms. The van der Waals surface area contributed by atoms with Crippen molar-refractivity contribution < 1.29 is 18.4 Å². The summed E-state index contributed by atoms with van der Waals surface area (Å²) in [6, 6.07) is 19.0. The van der Waals surface area contributed by atoms with Gasteiger partial charge in [-0.25, -0.2) is 13.7 Å². The van der Waals surface area contributed by atoms with Gasteiger partial charge in [0.25, 0.3) is 11.8 Å². The van der Waals surface area contributed by atoms with Crippen molar-refractivity contribution in [1.82, 2.24) is 0 Å². The molecule has 30 heavy (non-hydrogen) atoms. The molecule has 0 unspecified atom stereocenters. The molecule has 0 radical (unpaired) electrons. The quantitative estimate of drug-likeness (QED) is 0.592. The zero-order valence-corrected chi connectivity index (χ0v) is 16.4. The molecule has 0 aliphatic carbocycles. The highest BCUT2D eigenvalue weighted by Crippen LogP contribution is 2.37. The summed E-state index contributed by atoms with van der Waals surface area (Å²) in [5.41, 5.74) is 2.23. The number of amides is 2. The minimum Gasteiger partial charge on any atom is -0.339 e. The SMILES string of the molecule is Cc1ccc(C2=C(N(C)c3ccccc3)C(=O)N(c3ccc(F)cc3F)C2=O)cc1. The number of likely N-dealkylation sites (N-methyl/N-ethyl adjacent to an activating group) is 1. The molecule has 0 bridgehead atoms. The number of imide groups is 1. The molecule has 3 aromatic rings. The van der Waals surface area contributed by atoms with Gasteiger partial charge in [0.2, 0.25) is 0 Å². The summed E-state index contributed by atoms with van der Waals surface area (Å²) in [6.07, 6.45) is 0. The summed E-state index contributed by atoms with van der Waals surface area (Å²) in [4.78, 5) is 29.1. The molecule has 0 atom stereocenters. The highest BCUT2D eigenvalue weighted by Gasteiger charge is 2.43. The molecule has 4 nitrogen and oxygen atoms in total. The van der Waals surface area contributed by atoms with Crippen LogP contribution < -0.4 is 9.80 Å². The fourth-order valence-corrected chi connectivity index (χ4v) is 3.47. The number of hydrogen-bond donors (Lipinski definition) is 0. The van der Waals surface area contributed by atoms with Crippen LogP contribution in [0.25, 0.3) is 5.57 Å². The van der Waals surface area contributed by atoms with Gasteiger partial charge in [-0.2, -0.15) is 0 Å². The van der Waals surface area contributed by atoms with Crippen molar-refractivity contribution in [3.63, 3.8) is 0 Å². The zero-order chi connectivity index (χ0) is 21.4. The lowest BCUT2D eigenvalue weighted by atomic mass is 10.0. The van der Waals surface area contributed by atoms with Crippen molar-refractivity contribution in [2.75, 3.05) is 16.8 Å².